The molecule has 2 unspecified atom stereocenters. The molecule has 0 amide bonds. The van der Waals surface area contributed by atoms with Crippen LogP contribution >= 0.6 is 0 Å². The molecule has 1 aromatic carbocycles. The van der Waals surface area contributed by atoms with Crippen molar-refractivity contribution < 1.29 is 0 Å². The predicted molar refractivity (Wildman–Crippen MR) is 76.9 cm³/mol. The molecular weight excluding hydrogens is 218 g/mol. The van der Waals surface area contributed by atoms with E-state index in [9.17, 15) is 0 Å². The van der Waals surface area contributed by atoms with Gasteiger partial charge in [0, 0.05) is 6.04 Å². The Hall–Kier alpha value is -0.820. The monoisotopic (exact) mass is 243 g/mol. The third-order valence-corrected chi connectivity index (χ3v) is 5.24. The van der Waals surface area contributed by atoms with E-state index in [0.29, 0.717) is 11.5 Å². The van der Waals surface area contributed by atoms with Crippen LogP contribution in [0.2, 0.25) is 0 Å². The molecule has 0 bridgehead atoms. The summed E-state index contributed by atoms with van der Waals surface area (Å²) in [6, 6.07) is 9.80. The average Bonchev–Trinajstić information content (AvgIpc) is 3.15. The van der Waals surface area contributed by atoms with Gasteiger partial charge < -0.3 is 5.32 Å². The zero-order chi connectivity index (χ0) is 12.6. The van der Waals surface area contributed by atoms with Gasteiger partial charge in [-0.1, -0.05) is 31.2 Å². The average molecular weight is 243 g/mol. The van der Waals surface area contributed by atoms with Crippen LogP contribution in [0.1, 0.15) is 56.1 Å². The van der Waals surface area contributed by atoms with Crippen molar-refractivity contribution in [1.82, 2.24) is 5.32 Å². The zero-order valence-corrected chi connectivity index (χ0v) is 11.7. The molecule has 2 aliphatic rings. The summed E-state index contributed by atoms with van der Waals surface area (Å²) in [7, 11) is 2.14. The van der Waals surface area contributed by atoms with Crippen molar-refractivity contribution in [2.45, 2.75) is 57.4 Å². The van der Waals surface area contributed by atoms with Crippen molar-refractivity contribution >= 4 is 0 Å². The first kappa shape index (κ1) is 12.2. The highest BCUT2D eigenvalue weighted by Crippen LogP contribution is 2.51. The minimum atomic E-state index is 0.584. The quantitative estimate of drug-likeness (QED) is 0.846. The fourth-order valence-corrected chi connectivity index (χ4v) is 3.68. The summed E-state index contributed by atoms with van der Waals surface area (Å²) in [5, 5.41) is 3.58. The van der Waals surface area contributed by atoms with Crippen LogP contribution in [0.25, 0.3) is 0 Å². The molecule has 0 aromatic heterocycles. The molecule has 0 spiro atoms. The maximum Gasteiger partial charge on any atom is 0.0124 e. The first-order valence-corrected chi connectivity index (χ1v) is 7.48. The Bertz CT molecular complexity index is 419. The molecule has 2 aliphatic carbocycles. The zero-order valence-electron chi connectivity index (χ0n) is 11.7. The molecule has 1 fully saturated rings. The summed E-state index contributed by atoms with van der Waals surface area (Å²) in [5.41, 5.74) is 3.82. The van der Waals surface area contributed by atoms with E-state index in [0.717, 1.165) is 5.92 Å². The van der Waals surface area contributed by atoms with Crippen LogP contribution in [0, 0.1) is 5.41 Å². The van der Waals surface area contributed by atoms with E-state index in [4.69, 9.17) is 0 Å². The Morgan fingerprint density at radius 3 is 2.83 bits per heavy atom. The molecule has 1 nitrogen and oxygen atoms in total. The standard InChI is InChI=1S/C17H25N/c1-17(10-11-17)16(18-2)12-14-8-5-7-13-6-3-4-9-15(13)14/h3-4,6,9,14,16,18H,5,7-8,10-12H2,1-2H3. The smallest absolute Gasteiger partial charge is 0.0124 e. The van der Waals surface area contributed by atoms with E-state index < -0.39 is 0 Å². The van der Waals surface area contributed by atoms with Gasteiger partial charge in [-0.15, -0.1) is 0 Å². The molecule has 0 saturated heterocycles. The van der Waals surface area contributed by atoms with Crippen molar-refractivity contribution in [2.75, 3.05) is 7.05 Å². The van der Waals surface area contributed by atoms with Crippen LogP contribution in [0.15, 0.2) is 24.3 Å². The molecule has 1 saturated carbocycles. The fraction of sp³-hybridized carbons (Fsp3) is 0.647. The van der Waals surface area contributed by atoms with Crippen LogP contribution in [0.4, 0.5) is 0 Å². The largest absolute Gasteiger partial charge is 0.316 e. The van der Waals surface area contributed by atoms with Crippen LogP contribution in [0.3, 0.4) is 0 Å². The summed E-state index contributed by atoms with van der Waals surface area (Å²) >= 11 is 0. The molecule has 1 heteroatoms. The highest BCUT2D eigenvalue weighted by molar-refractivity contribution is 5.32. The minimum Gasteiger partial charge on any atom is -0.316 e. The lowest BCUT2D eigenvalue weighted by Crippen LogP contribution is -2.35. The van der Waals surface area contributed by atoms with Gasteiger partial charge in [0.05, 0.1) is 0 Å². The molecule has 3 rings (SSSR count). The molecule has 0 radical (unpaired) electrons. The second kappa shape index (κ2) is 4.70. The predicted octanol–water partition coefficient (Wildman–Crippen LogP) is 3.88. The molecule has 1 N–H and O–H groups in total. The SMILES string of the molecule is CNC(CC1CCCc2ccccc21)C1(C)CC1. The topological polar surface area (TPSA) is 12.0 Å². The molecular formula is C17H25N. The van der Waals surface area contributed by atoms with Crippen LogP contribution in [-0.2, 0) is 6.42 Å². The molecule has 98 valence electrons. The van der Waals surface area contributed by atoms with Crippen molar-refractivity contribution in [3.8, 4) is 0 Å². The van der Waals surface area contributed by atoms with E-state index >= 15 is 0 Å². The molecule has 18 heavy (non-hydrogen) atoms. The first-order chi connectivity index (χ1) is 8.73. The number of hydrogen-bond acceptors (Lipinski definition) is 1. The maximum atomic E-state index is 3.58. The lowest BCUT2D eigenvalue weighted by Gasteiger charge is -2.31. The minimum absolute atomic E-state index is 0.584. The van der Waals surface area contributed by atoms with Crippen molar-refractivity contribution in [1.29, 1.82) is 0 Å². The van der Waals surface area contributed by atoms with Gasteiger partial charge in [0.2, 0.25) is 0 Å². The molecule has 2 atom stereocenters. The molecule has 0 heterocycles. The van der Waals surface area contributed by atoms with Gasteiger partial charge in [-0.3, -0.25) is 0 Å². The van der Waals surface area contributed by atoms with Crippen LogP contribution in [0.5, 0.6) is 0 Å². The highest BCUT2D eigenvalue weighted by Gasteiger charge is 2.44. The van der Waals surface area contributed by atoms with Gasteiger partial charge >= 0.3 is 0 Å². The number of aryl methyl sites for hydroxylation is 1. The lowest BCUT2D eigenvalue weighted by molar-refractivity contribution is 0.322. The van der Waals surface area contributed by atoms with E-state index in [1.165, 1.54) is 38.5 Å². The normalized spacial score (nSPS) is 26.4. The lowest BCUT2D eigenvalue weighted by atomic mass is 9.77. The number of rotatable bonds is 4. The van der Waals surface area contributed by atoms with Gasteiger partial charge in [0.1, 0.15) is 0 Å². The van der Waals surface area contributed by atoms with E-state index in [2.05, 4.69) is 43.6 Å². The maximum absolute atomic E-state index is 3.58. The van der Waals surface area contributed by atoms with Gasteiger partial charge in [-0.2, -0.15) is 0 Å². The Labute approximate surface area is 111 Å². The second-order valence-corrected chi connectivity index (χ2v) is 6.52. The highest BCUT2D eigenvalue weighted by atomic mass is 14.9. The van der Waals surface area contributed by atoms with Gasteiger partial charge in [-0.05, 0) is 68.0 Å². The third-order valence-electron chi connectivity index (χ3n) is 5.24. The first-order valence-electron chi connectivity index (χ1n) is 7.48. The molecule has 0 aliphatic heterocycles. The van der Waals surface area contributed by atoms with E-state index in [-0.39, 0.29) is 0 Å². The Balaban J connectivity index is 1.77. The van der Waals surface area contributed by atoms with Crippen molar-refractivity contribution in [2.24, 2.45) is 5.41 Å². The third kappa shape index (κ3) is 2.21. The number of hydrogen-bond donors (Lipinski definition) is 1. The van der Waals surface area contributed by atoms with E-state index in [1.807, 2.05) is 0 Å². The summed E-state index contributed by atoms with van der Waals surface area (Å²) in [6.07, 6.45) is 8.18. The Morgan fingerprint density at radius 2 is 2.11 bits per heavy atom. The number of nitrogens with one attached hydrogen (secondary N) is 1. The van der Waals surface area contributed by atoms with Crippen molar-refractivity contribution in [3.05, 3.63) is 35.4 Å². The van der Waals surface area contributed by atoms with Crippen LogP contribution < -0.4 is 5.32 Å². The van der Waals surface area contributed by atoms with Gasteiger partial charge in [-0.25, -0.2) is 0 Å². The fourth-order valence-electron chi connectivity index (χ4n) is 3.68. The summed E-state index contributed by atoms with van der Waals surface area (Å²) in [5.74, 6) is 0.782. The molecule has 1 aromatic rings. The summed E-state index contributed by atoms with van der Waals surface area (Å²) < 4.78 is 0. The van der Waals surface area contributed by atoms with Crippen molar-refractivity contribution in [3.63, 3.8) is 0 Å². The number of benzene rings is 1. The van der Waals surface area contributed by atoms with Gasteiger partial charge in [0.25, 0.3) is 0 Å². The summed E-state index contributed by atoms with van der Waals surface area (Å²) in [4.78, 5) is 0. The Morgan fingerprint density at radius 1 is 1.33 bits per heavy atom. The summed E-state index contributed by atoms with van der Waals surface area (Å²) in [6.45, 7) is 2.45. The van der Waals surface area contributed by atoms with E-state index in [1.54, 1.807) is 11.1 Å². The van der Waals surface area contributed by atoms with Crippen LogP contribution in [-0.4, -0.2) is 13.1 Å². The van der Waals surface area contributed by atoms with Gasteiger partial charge in [0.15, 0.2) is 0 Å². The Kier molecular flexibility index (Phi) is 3.19. The second-order valence-electron chi connectivity index (χ2n) is 6.52. The number of fused-ring (bicyclic) bond motifs is 1.